The number of nitrogens with zero attached hydrogens (tertiary/aromatic N) is 2. The summed E-state index contributed by atoms with van der Waals surface area (Å²) in [5.74, 6) is 0.739. The van der Waals surface area contributed by atoms with E-state index in [0.717, 1.165) is 30.6 Å². The van der Waals surface area contributed by atoms with Gasteiger partial charge in [0.2, 0.25) is 0 Å². The van der Waals surface area contributed by atoms with Crippen molar-refractivity contribution in [1.82, 2.24) is 4.98 Å². The second kappa shape index (κ2) is 4.57. The molecule has 5 heteroatoms. The predicted molar refractivity (Wildman–Crippen MR) is 72.0 cm³/mol. The Kier molecular flexibility index (Phi) is 2.91. The lowest BCUT2D eigenvalue weighted by Gasteiger charge is -2.24. The van der Waals surface area contributed by atoms with Crippen molar-refractivity contribution in [2.24, 2.45) is 0 Å². The summed E-state index contributed by atoms with van der Waals surface area (Å²) in [6, 6.07) is 3.88. The molecule has 18 heavy (non-hydrogen) atoms. The number of anilines is 1. The summed E-state index contributed by atoms with van der Waals surface area (Å²) in [5.41, 5.74) is 0. The molecular formula is C13H14N2O2S. The summed E-state index contributed by atoms with van der Waals surface area (Å²) in [5, 5.41) is 3.18. The number of carbonyl (C=O) groups excluding carboxylic acids is 1. The van der Waals surface area contributed by atoms with Gasteiger partial charge in [-0.3, -0.25) is 0 Å². The Hall–Kier alpha value is -1.62. The van der Waals surface area contributed by atoms with E-state index < -0.39 is 0 Å². The highest BCUT2D eigenvalue weighted by Crippen LogP contribution is 2.32. The average molecular weight is 262 g/mol. The van der Waals surface area contributed by atoms with Gasteiger partial charge in [-0.25, -0.2) is 9.78 Å². The summed E-state index contributed by atoms with van der Waals surface area (Å²) in [6.07, 6.45) is 3.65. The fourth-order valence-electron chi connectivity index (χ4n) is 2.51. The van der Waals surface area contributed by atoms with Crippen molar-refractivity contribution < 1.29 is 9.53 Å². The first-order valence-corrected chi connectivity index (χ1v) is 6.86. The fourth-order valence-corrected chi connectivity index (χ4v) is 3.29. The third-order valence-electron chi connectivity index (χ3n) is 3.36. The normalized spacial score (nSPS) is 19.4. The molecule has 0 radical (unpaired) electrons. The molecule has 0 aliphatic carbocycles. The largest absolute Gasteiger partial charge is 0.467 e. The van der Waals surface area contributed by atoms with E-state index in [2.05, 4.69) is 21.3 Å². The van der Waals surface area contributed by atoms with Crippen molar-refractivity contribution >= 4 is 33.2 Å². The van der Waals surface area contributed by atoms with Gasteiger partial charge < -0.3 is 9.64 Å². The highest BCUT2D eigenvalue weighted by molar-refractivity contribution is 7.17. The van der Waals surface area contributed by atoms with Crippen LogP contribution in [0.3, 0.4) is 0 Å². The SMILES string of the molecule is COC(=O)C1CCCN1c1nccc2sccc12. The molecule has 0 N–H and O–H groups in total. The van der Waals surface area contributed by atoms with E-state index in [1.165, 1.54) is 11.8 Å². The van der Waals surface area contributed by atoms with Gasteiger partial charge >= 0.3 is 5.97 Å². The van der Waals surface area contributed by atoms with E-state index in [1.54, 1.807) is 17.5 Å². The maximum atomic E-state index is 11.8. The molecule has 3 rings (SSSR count). The van der Waals surface area contributed by atoms with Crippen LogP contribution in [0.5, 0.6) is 0 Å². The topological polar surface area (TPSA) is 42.4 Å². The zero-order valence-corrected chi connectivity index (χ0v) is 10.9. The number of aromatic nitrogens is 1. The molecule has 3 heterocycles. The summed E-state index contributed by atoms with van der Waals surface area (Å²) >= 11 is 1.69. The fraction of sp³-hybridized carbons (Fsp3) is 0.385. The van der Waals surface area contributed by atoms with Crippen LogP contribution in [0, 0.1) is 0 Å². The van der Waals surface area contributed by atoms with Crippen LogP contribution in [0.25, 0.3) is 10.1 Å². The van der Waals surface area contributed by atoms with Gasteiger partial charge in [0.05, 0.1) is 7.11 Å². The van der Waals surface area contributed by atoms with Gasteiger partial charge in [-0.2, -0.15) is 0 Å². The lowest BCUT2D eigenvalue weighted by atomic mass is 10.2. The first kappa shape index (κ1) is 11.5. The minimum Gasteiger partial charge on any atom is -0.467 e. The van der Waals surface area contributed by atoms with Crippen molar-refractivity contribution in [2.45, 2.75) is 18.9 Å². The Balaban J connectivity index is 2.03. The van der Waals surface area contributed by atoms with Crippen molar-refractivity contribution in [3.63, 3.8) is 0 Å². The molecule has 1 unspecified atom stereocenters. The number of hydrogen-bond donors (Lipinski definition) is 0. The predicted octanol–water partition coefficient (Wildman–Crippen LogP) is 2.44. The van der Waals surface area contributed by atoms with Crippen molar-refractivity contribution in [1.29, 1.82) is 0 Å². The van der Waals surface area contributed by atoms with Crippen LogP contribution in [-0.2, 0) is 9.53 Å². The van der Waals surface area contributed by atoms with Crippen LogP contribution in [0.1, 0.15) is 12.8 Å². The Bertz CT molecular complexity index is 581. The van der Waals surface area contributed by atoms with E-state index in [-0.39, 0.29) is 12.0 Å². The molecule has 1 saturated heterocycles. The molecule has 0 bridgehead atoms. The van der Waals surface area contributed by atoms with Crippen molar-refractivity contribution in [3.05, 3.63) is 23.7 Å². The van der Waals surface area contributed by atoms with Gasteiger partial charge in [0, 0.05) is 22.8 Å². The first-order valence-electron chi connectivity index (χ1n) is 5.98. The molecule has 0 aromatic carbocycles. The minimum absolute atomic E-state index is 0.165. The quantitative estimate of drug-likeness (QED) is 0.780. The number of fused-ring (bicyclic) bond motifs is 1. The van der Waals surface area contributed by atoms with E-state index in [0.29, 0.717) is 0 Å². The minimum atomic E-state index is -0.187. The lowest BCUT2D eigenvalue weighted by Crippen LogP contribution is -2.37. The zero-order chi connectivity index (χ0) is 12.5. The molecule has 0 spiro atoms. The standard InChI is InChI=1S/C13H14N2O2S/c1-17-13(16)10-3-2-7-15(10)12-9-5-8-18-11(9)4-6-14-12/h4-6,8,10H,2-3,7H2,1H3. The van der Waals surface area contributed by atoms with Crippen LogP contribution in [0.15, 0.2) is 23.7 Å². The molecule has 4 nitrogen and oxygen atoms in total. The highest BCUT2D eigenvalue weighted by Gasteiger charge is 2.33. The Morgan fingerprint density at radius 1 is 1.56 bits per heavy atom. The van der Waals surface area contributed by atoms with Crippen LogP contribution in [0.4, 0.5) is 5.82 Å². The molecular weight excluding hydrogens is 248 g/mol. The highest BCUT2D eigenvalue weighted by atomic mass is 32.1. The summed E-state index contributed by atoms with van der Waals surface area (Å²) in [6.45, 7) is 0.863. The number of rotatable bonds is 2. The second-order valence-corrected chi connectivity index (χ2v) is 5.29. The van der Waals surface area contributed by atoms with Gasteiger partial charge in [-0.1, -0.05) is 0 Å². The average Bonchev–Trinajstić information content (AvgIpc) is 3.05. The molecule has 1 aliphatic heterocycles. The molecule has 1 fully saturated rings. The van der Waals surface area contributed by atoms with Crippen LogP contribution < -0.4 is 4.90 Å². The molecule has 94 valence electrons. The second-order valence-electron chi connectivity index (χ2n) is 4.34. The number of thiophene rings is 1. The molecule has 0 saturated carbocycles. The van der Waals surface area contributed by atoms with Crippen molar-refractivity contribution in [3.8, 4) is 0 Å². The van der Waals surface area contributed by atoms with Crippen LogP contribution in [-0.4, -0.2) is 30.6 Å². The molecule has 2 aromatic heterocycles. The molecule has 1 atom stereocenters. The third kappa shape index (κ3) is 1.75. The number of pyridine rings is 1. The molecule has 2 aromatic rings. The number of methoxy groups -OCH3 is 1. The maximum Gasteiger partial charge on any atom is 0.328 e. The van der Waals surface area contributed by atoms with E-state index >= 15 is 0 Å². The number of hydrogen-bond acceptors (Lipinski definition) is 5. The molecule has 1 aliphatic rings. The lowest BCUT2D eigenvalue weighted by molar-refractivity contribution is -0.141. The van der Waals surface area contributed by atoms with Gasteiger partial charge in [-0.15, -0.1) is 11.3 Å². The van der Waals surface area contributed by atoms with E-state index in [9.17, 15) is 4.79 Å². The van der Waals surface area contributed by atoms with E-state index in [1.807, 2.05) is 6.07 Å². The first-order chi connectivity index (χ1) is 8.81. The number of esters is 1. The van der Waals surface area contributed by atoms with Gasteiger partial charge in [0.25, 0.3) is 0 Å². The Morgan fingerprint density at radius 2 is 2.44 bits per heavy atom. The third-order valence-corrected chi connectivity index (χ3v) is 4.24. The summed E-state index contributed by atoms with van der Waals surface area (Å²) in [7, 11) is 1.44. The van der Waals surface area contributed by atoms with Crippen molar-refractivity contribution in [2.75, 3.05) is 18.6 Å². The summed E-state index contributed by atoms with van der Waals surface area (Å²) < 4.78 is 6.08. The monoisotopic (exact) mass is 262 g/mol. The summed E-state index contributed by atoms with van der Waals surface area (Å²) in [4.78, 5) is 18.3. The maximum absolute atomic E-state index is 11.8. The number of ether oxygens (including phenoxy) is 1. The zero-order valence-electron chi connectivity index (χ0n) is 10.1. The Morgan fingerprint density at radius 3 is 3.28 bits per heavy atom. The van der Waals surface area contributed by atoms with E-state index in [4.69, 9.17) is 4.74 Å². The molecule has 0 amide bonds. The van der Waals surface area contributed by atoms with Crippen LogP contribution >= 0.6 is 11.3 Å². The smallest absolute Gasteiger partial charge is 0.328 e. The van der Waals surface area contributed by atoms with Gasteiger partial charge in [0.15, 0.2) is 0 Å². The number of carbonyl (C=O) groups is 1. The van der Waals surface area contributed by atoms with Gasteiger partial charge in [-0.05, 0) is 30.4 Å². The van der Waals surface area contributed by atoms with Crippen LogP contribution in [0.2, 0.25) is 0 Å². The van der Waals surface area contributed by atoms with Gasteiger partial charge in [0.1, 0.15) is 11.9 Å². The Labute approximate surface area is 109 Å².